The molecule has 0 unspecified atom stereocenters. The number of benzene rings is 2. The Balaban J connectivity index is 1.64. The molecule has 0 N–H and O–H groups in total. The fraction of sp³-hybridized carbons (Fsp3) is 0.273. The summed E-state index contributed by atoms with van der Waals surface area (Å²) in [6.45, 7) is 0.414. The summed E-state index contributed by atoms with van der Waals surface area (Å²) in [5, 5.41) is 0.822. The highest BCUT2D eigenvalue weighted by Crippen LogP contribution is 2.38. The minimum absolute atomic E-state index is 0.0210. The number of hydrogen-bond donors (Lipinski definition) is 0. The van der Waals surface area contributed by atoms with Crippen LogP contribution in [0.15, 0.2) is 58.1 Å². The van der Waals surface area contributed by atoms with Gasteiger partial charge in [0.1, 0.15) is 0 Å². The zero-order valence-corrected chi connectivity index (χ0v) is 21.9. The van der Waals surface area contributed by atoms with Gasteiger partial charge in [-0.2, -0.15) is 0 Å². The van der Waals surface area contributed by atoms with Crippen molar-refractivity contribution >= 4 is 91.4 Å². The molecule has 0 aliphatic rings. The van der Waals surface area contributed by atoms with Crippen LogP contribution in [0, 0.1) is 0 Å². The Morgan fingerprint density at radius 2 is 0.971 bits per heavy atom. The molecule has 0 atom stereocenters. The number of hydrogen-bond acceptors (Lipinski definition) is 4. The standard InChI is InChI=1S/C22H16Cl6N4O2/c23-21(24,25)19-29-15-9-3-1-7-13(15)17(33)31(19)11-5-6-12-32-18(34)14-8-2-4-10-16(14)30-20(32)22(26,27)28/h1-4,7-10H,5-6,11-12H2. The largest absolute Gasteiger partial charge is 0.292 e. The summed E-state index contributed by atoms with van der Waals surface area (Å²) in [6.07, 6.45) is 0.901. The summed E-state index contributed by atoms with van der Waals surface area (Å²) >= 11 is 36.6. The zero-order valence-electron chi connectivity index (χ0n) is 17.3. The van der Waals surface area contributed by atoms with E-state index >= 15 is 0 Å². The molecule has 0 saturated heterocycles. The van der Waals surface area contributed by atoms with Crippen molar-refractivity contribution in [1.29, 1.82) is 0 Å². The van der Waals surface area contributed by atoms with Crippen LogP contribution in [0.25, 0.3) is 21.8 Å². The van der Waals surface area contributed by atoms with E-state index in [-0.39, 0.29) is 35.9 Å². The molecule has 0 aliphatic carbocycles. The number of fused-ring (bicyclic) bond motifs is 2. The van der Waals surface area contributed by atoms with Gasteiger partial charge in [0.25, 0.3) is 11.1 Å². The summed E-state index contributed by atoms with van der Waals surface area (Å²) in [5.41, 5.74) is 0.231. The molecule has 0 saturated carbocycles. The Morgan fingerprint density at radius 3 is 1.32 bits per heavy atom. The van der Waals surface area contributed by atoms with Crippen molar-refractivity contribution in [3.8, 4) is 0 Å². The van der Waals surface area contributed by atoms with Gasteiger partial charge in [0.05, 0.1) is 21.8 Å². The van der Waals surface area contributed by atoms with Crippen LogP contribution >= 0.6 is 69.6 Å². The maximum atomic E-state index is 13.1. The Bertz CT molecular complexity index is 1370. The van der Waals surface area contributed by atoms with Gasteiger partial charge in [-0.15, -0.1) is 0 Å². The monoisotopic (exact) mass is 578 g/mol. The minimum Gasteiger partial charge on any atom is -0.292 e. The molecule has 34 heavy (non-hydrogen) atoms. The number of alkyl halides is 6. The summed E-state index contributed by atoms with van der Waals surface area (Å²) in [6, 6.07) is 13.7. The van der Waals surface area contributed by atoms with E-state index in [9.17, 15) is 9.59 Å². The molecule has 0 aliphatic heterocycles. The Morgan fingerprint density at radius 1 is 0.618 bits per heavy atom. The van der Waals surface area contributed by atoms with E-state index in [4.69, 9.17) is 69.6 Å². The van der Waals surface area contributed by atoms with E-state index < -0.39 is 7.59 Å². The molecule has 4 rings (SSSR count). The van der Waals surface area contributed by atoms with Gasteiger partial charge in [0, 0.05) is 13.1 Å². The molecule has 2 aromatic carbocycles. The van der Waals surface area contributed by atoms with Crippen molar-refractivity contribution in [3.63, 3.8) is 0 Å². The normalized spacial score (nSPS) is 12.5. The first kappa shape index (κ1) is 25.5. The van der Waals surface area contributed by atoms with Crippen molar-refractivity contribution < 1.29 is 0 Å². The van der Waals surface area contributed by atoms with Gasteiger partial charge < -0.3 is 0 Å². The van der Waals surface area contributed by atoms with Crippen LogP contribution < -0.4 is 11.1 Å². The number of aromatic nitrogens is 4. The predicted octanol–water partition coefficient (Wildman–Crippen LogP) is 6.24. The Labute approximate surface area is 223 Å². The first-order valence-corrected chi connectivity index (χ1v) is 12.4. The number of rotatable bonds is 5. The summed E-state index contributed by atoms with van der Waals surface area (Å²) in [4.78, 5) is 34.9. The van der Waals surface area contributed by atoms with E-state index in [1.165, 1.54) is 9.13 Å². The fourth-order valence-corrected chi connectivity index (χ4v) is 4.59. The number of para-hydroxylation sites is 2. The predicted molar refractivity (Wildman–Crippen MR) is 140 cm³/mol. The highest BCUT2D eigenvalue weighted by atomic mass is 35.6. The topological polar surface area (TPSA) is 69.8 Å². The van der Waals surface area contributed by atoms with Crippen LogP contribution in [-0.4, -0.2) is 19.1 Å². The van der Waals surface area contributed by atoms with Gasteiger partial charge in [-0.05, 0) is 37.1 Å². The van der Waals surface area contributed by atoms with Gasteiger partial charge in [-0.25, -0.2) is 9.97 Å². The lowest BCUT2D eigenvalue weighted by atomic mass is 10.2. The highest BCUT2D eigenvalue weighted by molar-refractivity contribution is 6.67. The number of halogens is 6. The minimum atomic E-state index is -1.90. The first-order chi connectivity index (χ1) is 16.0. The first-order valence-electron chi connectivity index (χ1n) is 10.1. The van der Waals surface area contributed by atoms with Crippen molar-refractivity contribution in [2.45, 2.75) is 33.5 Å². The maximum absolute atomic E-state index is 13.1. The number of nitrogens with zero attached hydrogens (tertiary/aromatic N) is 4. The van der Waals surface area contributed by atoms with E-state index in [0.717, 1.165) is 0 Å². The van der Waals surface area contributed by atoms with Crippen molar-refractivity contribution in [3.05, 3.63) is 80.9 Å². The maximum Gasteiger partial charge on any atom is 0.261 e. The van der Waals surface area contributed by atoms with Crippen LogP contribution in [0.2, 0.25) is 0 Å². The van der Waals surface area contributed by atoms with Crippen LogP contribution in [0.5, 0.6) is 0 Å². The Kier molecular flexibility index (Phi) is 7.40. The quantitative estimate of drug-likeness (QED) is 0.207. The van der Waals surface area contributed by atoms with Crippen molar-refractivity contribution in [1.82, 2.24) is 19.1 Å². The summed E-state index contributed by atoms with van der Waals surface area (Å²) in [7, 11) is 0. The second-order valence-electron chi connectivity index (χ2n) is 7.52. The average molecular weight is 581 g/mol. The molecule has 4 aromatic rings. The lowest BCUT2D eigenvalue weighted by Gasteiger charge is -2.20. The van der Waals surface area contributed by atoms with Gasteiger partial charge in [-0.1, -0.05) is 93.9 Å². The van der Waals surface area contributed by atoms with Gasteiger partial charge in [0.15, 0.2) is 11.6 Å². The lowest BCUT2D eigenvalue weighted by Crippen LogP contribution is -2.30. The molecule has 2 heterocycles. The van der Waals surface area contributed by atoms with Crippen LogP contribution in [0.1, 0.15) is 24.5 Å². The second-order valence-corrected chi connectivity index (χ2v) is 12.1. The van der Waals surface area contributed by atoms with E-state index in [1.54, 1.807) is 48.5 Å². The third-order valence-corrected chi connectivity index (χ3v) is 6.26. The van der Waals surface area contributed by atoms with Crippen LogP contribution in [0.4, 0.5) is 0 Å². The molecule has 12 heteroatoms. The molecular formula is C22H16Cl6N4O2. The molecule has 0 radical (unpaired) electrons. The smallest absolute Gasteiger partial charge is 0.261 e. The fourth-order valence-electron chi connectivity index (χ4n) is 3.72. The SMILES string of the molecule is O=c1c2ccccc2nc(C(Cl)(Cl)Cl)n1CCCCn1c(C(Cl)(Cl)Cl)nc2ccccc2c1=O. The summed E-state index contributed by atoms with van der Waals surface area (Å²) < 4.78 is -1.12. The molecule has 0 bridgehead atoms. The van der Waals surface area contributed by atoms with E-state index in [1.807, 2.05) is 0 Å². The molecule has 0 amide bonds. The molecule has 0 fully saturated rings. The lowest BCUT2D eigenvalue weighted by molar-refractivity contribution is 0.512. The molecule has 0 spiro atoms. The van der Waals surface area contributed by atoms with Crippen molar-refractivity contribution in [2.24, 2.45) is 0 Å². The zero-order chi connectivity index (χ0) is 24.7. The summed E-state index contributed by atoms with van der Waals surface area (Å²) in [5.74, 6) is 0.0421. The molecular weight excluding hydrogens is 565 g/mol. The molecule has 178 valence electrons. The molecule has 2 aromatic heterocycles. The van der Waals surface area contributed by atoms with Gasteiger partial charge >= 0.3 is 0 Å². The second kappa shape index (κ2) is 9.84. The van der Waals surface area contributed by atoms with Crippen LogP contribution in [0.3, 0.4) is 0 Å². The highest BCUT2D eigenvalue weighted by Gasteiger charge is 2.31. The van der Waals surface area contributed by atoms with E-state index in [2.05, 4.69) is 9.97 Å². The third kappa shape index (κ3) is 5.18. The molecule has 6 nitrogen and oxygen atoms in total. The third-order valence-electron chi connectivity index (χ3n) is 5.24. The van der Waals surface area contributed by atoms with Crippen molar-refractivity contribution in [2.75, 3.05) is 0 Å². The van der Waals surface area contributed by atoms with Gasteiger partial charge in [-0.3, -0.25) is 18.7 Å². The van der Waals surface area contributed by atoms with Crippen LogP contribution in [-0.2, 0) is 20.7 Å². The average Bonchev–Trinajstić information content (AvgIpc) is 2.77. The van der Waals surface area contributed by atoms with E-state index in [0.29, 0.717) is 34.6 Å². The number of unbranched alkanes of at least 4 members (excludes halogenated alkanes) is 1. The van der Waals surface area contributed by atoms with Gasteiger partial charge in [0.2, 0.25) is 7.59 Å². The Hall–Kier alpha value is -1.54.